The lowest BCUT2D eigenvalue weighted by Gasteiger charge is -2.16. The highest BCUT2D eigenvalue weighted by atomic mass is 19.1. The van der Waals surface area contributed by atoms with Crippen molar-refractivity contribution in [1.29, 1.82) is 0 Å². The van der Waals surface area contributed by atoms with Crippen LogP contribution in [0.3, 0.4) is 0 Å². The smallest absolute Gasteiger partial charge is 0.387 e. The Labute approximate surface area is 178 Å². The van der Waals surface area contributed by atoms with Crippen molar-refractivity contribution in [1.82, 2.24) is 9.97 Å². The van der Waals surface area contributed by atoms with Crippen LogP contribution in [0, 0.1) is 5.82 Å². The molecular formula is C23H23FN3O4+. The zero-order valence-electron chi connectivity index (χ0n) is 17.2. The van der Waals surface area contributed by atoms with Crippen molar-refractivity contribution in [3.8, 4) is 22.9 Å². The molecule has 0 bridgehead atoms. The number of rotatable bonds is 8. The number of aromatic nitrogens is 3. The van der Waals surface area contributed by atoms with Crippen molar-refractivity contribution in [2.75, 3.05) is 13.7 Å². The van der Waals surface area contributed by atoms with E-state index in [-0.39, 0.29) is 18.5 Å². The van der Waals surface area contributed by atoms with E-state index >= 15 is 0 Å². The molecule has 0 amide bonds. The Morgan fingerprint density at radius 2 is 1.94 bits per heavy atom. The number of aromatic amines is 1. The number of ether oxygens (including phenoxy) is 3. The number of H-pyrrole nitrogens is 1. The zero-order valence-corrected chi connectivity index (χ0v) is 17.2. The number of fused-ring (bicyclic) bond motifs is 1. The summed E-state index contributed by atoms with van der Waals surface area (Å²) in [6, 6.07) is 15.3. The molecule has 0 aliphatic heterocycles. The van der Waals surface area contributed by atoms with Crippen LogP contribution in [0.1, 0.15) is 12.5 Å². The lowest BCUT2D eigenvalue weighted by atomic mass is 10.2. The second-order valence-corrected chi connectivity index (χ2v) is 7.13. The molecule has 2 aromatic heterocycles. The van der Waals surface area contributed by atoms with E-state index in [1.807, 2.05) is 19.1 Å². The van der Waals surface area contributed by atoms with Crippen molar-refractivity contribution in [3.05, 3.63) is 72.2 Å². The summed E-state index contributed by atoms with van der Waals surface area (Å²) in [7, 11) is 1.61. The third-order valence-electron chi connectivity index (χ3n) is 4.66. The molecule has 0 radical (unpaired) electrons. The number of hydrogen-bond donors (Lipinski definition) is 2. The van der Waals surface area contributed by atoms with E-state index in [2.05, 4.69) is 9.97 Å². The van der Waals surface area contributed by atoms with Gasteiger partial charge in [-0.3, -0.25) is 0 Å². The zero-order chi connectivity index (χ0) is 21.8. The molecule has 4 rings (SSSR count). The number of nitrogens with one attached hydrogen (secondary N) is 1. The van der Waals surface area contributed by atoms with Gasteiger partial charge in [-0.05, 0) is 47.0 Å². The summed E-state index contributed by atoms with van der Waals surface area (Å²) in [5.74, 6) is 1.26. The molecule has 4 aromatic rings. The predicted octanol–water partition coefficient (Wildman–Crippen LogP) is 3.89. The molecule has 1 atom stereocenters. The molecular weight excluding hydrogens is 401 g/mol. The van der Waals surface area contributed by atoms with Gasteiger partial charge >= 0.3 is 5.65 Å². The van der Waals surface area contributed by atoms with Gasteiger partial charge in [0.15, 0.2) is 0 Å². The van der Waals surface area contributed by atoms with Gasteiger partial charge in [0.25, 0.3) is 5.82 Å². The van der Waals surface area contributed by atoms with Crippen LogP contribution in [0.15, 0.2) is 60.8 Å². The average Bonchev–Trinajstić information content (AvgIpc) is 3.19. The number of imidazole rings is 1. The fourth-order valence-electron chi connectivity index (χ4n) is 3.23. The molecule has 7 nitrogen and oxygen atoms in total. The molecule has 2 N–H and O–H groups in total. The van der Waals surface area contributed by atoms with Gasteiger partial charge in [-0.2, -0.15) is 0 Å². The minimum atomic E-state index is -0.325. The molecule has 0 aliphatic carbocycles. The van der Waals surface area contributed by atoms with Crippen molar-refractivity contribution in [2.24, 2.45) is 0 Å². The van der Waals surface area contributed by atoms with Crippen molar-refractivity contribution < 1.29 is 28.5 Å². The first-order chi connectivity index (χ1) is 15.0. The lowest BCUT2D eigenvalue weighted by Crippen LogP contribution is -2.30. The van der Waals surface area contributed by atoms with Crippen LogP contribution in [-0.2, 0) is 11.3 Å². The molecule has 2 heterocycles. The topological polar surface area (TPSA) is 80.5 Å². The van der Waals surface area contributed by atoms with Crippen LogP contribution in [-0.4, -0.2) is 35.0 Å². The number of methoxy groups -OCH3 is 1. The van der Waals surface area contributed by atoms with Gasteiger partial charge in [0.05, 0.1) is 12.2 Å². The first-order valence-electron chi connectivity index (χ1n) is 9.80. The Bertz CT molecular complexity index is 1190. The highest BCUT2D eigenvalue weighted by Crippen LogP contribution is 2.30. The normalized spacial score (nSPS) is 12.1. The minimum absolute atomic E-state index is 0.0694. The minimum Gasteiger partial charge on any atom is -0.489 e. The summed E-state index contributed by atoms with van der Waals surface area (Å²) in [6.45, 7) is 2.39. The van der Waals surface area contributed by atoms with Crippen molar-refractivity contribution in [2.45, 2.75) is 19.6 Å². The van der Waals surface area contributed by atoms with Crippen molar-refractivity contribution in [3.63, 3.8) is 0 Å². The van der Waals surface area contributed by atoms with Crippen LogP contribution in [0.2, 0.25) is 0 Å². The molecule has 0 fully saturated rings. The second kappa shape index (κ2) is 9.01. The van der Waals surface area contributed by atoms with Crippen LogP contribution < -0.4 is 14.2 Å². The van der Waals surface area contributed by atoms with Gasteiger partial charge in [-0.15, -0.1) is 0 Å². The molecule has 8 heteroatoms. The molecule has 0 saturated heterocycles. The van der Waals surface area contributed by atoms with Gasteiger partial charge in [-0.25, -0.2) is 4.39 Å². The van der Waals surface area contributed by atoms with Crippen LogP contribution in [0.4, 0.5) is 4.39 Å². The molecule has 0 spiro atoms. The van der Waals surface area contributed by atoms with Gasteiger partial charge in [-0.1, -0.05) is 18.2 Å². The van der Waals surface area contributed by atoms with Gasteiger partial charge < -0.3 is 24.4 Å². The summed E-state index contributed by atoms with van der Waals surface area (Å²) >= 11 is 0. The third-order valence-corrected chi connectivity index (χ3v) is 4.66. The molecule has 0 unspecified atom stereocenters. The van der Waals surface area contributed by atoms with E-state index in [9.17, 15) is 9.60 Å². The summed E-state index contributed by atoms with van der Waals surface area (Å²) < 4.78 is 31.9. The summed E-state index contributed by atoms with van der Waals surface area (Å²) in [5, 5.41) is 9.99. The van der Waals surface area contributed by atoms with E-state index < -0.39 is 0 Å². The summed E-state index contributed by atoms with van der Waals surface area (Å²) in [6.07, 6.45) is 1.32. The number of benzene rings is 2. The van der Waals surface area contributed by atoms with E-state index in [1.165, 1.54) is 12.3 Å². The fourth-order valence-corrected chi connectivity index (χ4v) is 3.23. The lowest BCUT2D eigenvalue weighted by molar-refractivity contribution is -0.885. The second-order valence-electron chi connectivity index (χ2n) is 7.13. The quantitative estimate of drug-likeness (QED) is 0.331. The van der Waals surface area contributed by atoms with E-state index in [0.29, 0.717) is 46.2 Å². The largest absolute Gasteiger partial charge is 0.489 e. The Morgan fingerprint density at radius 3 is 2.71 bits per heavy atom. The first kappa shape index (κ1) is 20.6. The van der Waals surface area contributed by atoms with E-state index in [4.69, 9.17) is 14.2 Å². The number of hydrogen-bond acceptors (Lipinski definition) is 5. The van der Waals surface area contributed by atoms with E-state index in [1.54, 1.807) is 43.5 Å². The Kier molecular flexibility index (Phi) is 5.99. The Hall–Kier alpha value is -3.65. The maximum Gasteiger partial charge on any atom is 0.387 e. The number of nitrogens with zero attached hydrogens (tertiary/aromatic N) is 2. The van der Waals surface area contributed by atoms with Crippen LogP contribution in [0.25, 0.3) is 22.6 Å². The summed E-state index contributed by atoms with van der Waals surface area (Å²) in [4.78, 5) is 7.65. The number of pyridine rings is 1. The monoisotopic (exact) mass is 424 g/mol. The van der Waals surface area contributed by atoms with Gasteiger partial charge in [0.1, 0.15) is 41.7 Å². The van der Waals surface area contributed by atoms with Crippen molar-refractivity contribution >= 4 is 11.2 Å². The maximum atomic E-state index is 14.0. The highest BCUT2D eigenvalue weighted by molar-refractivity contribution is 5.74. The Balaban J connectivity index is 1.68. The summed E-state index contributed by atoms with van der Waals surface area (Å²) in [5.41, 5.74) is 2.22. The standard InChI is InChI=1S/C23H22FN3O4/c1-15(13-29-2)31-19-11-17(22-25-21-8-5-9-27(28)23(21)26-22)10-18(12-19)30-14-16-6-3-4-7-20(16)24/h3-12,15,28H,13-14H2,1-2H3/p+1/t15-/m0/s1. The highest BCUT2D eigenvalue weighted by Gasteiger charge is 2.19. The average molecular weight is 424 g/mol. The molecule has 160 valence electrons. The maximum absolute atomic E-state index is 14.0. The molecule has 0 saturated carbocycles. The van der Waals surface area contributed by atoms with Gasteiger partial charge in [0, 0.05) is 18.7 Å². The molecule has 31 heavy (non-hydrogen) atoms. The predicted molar refractivity (Wildman–Crippen MR) is 112 cm³/mol. The third kappa shape index (κ3) is 4.75. The molecule has 0 aliphatic rings. The Morgan fingerprint density at radius 1 is 1.13 bits per heavy atom. The van der Waals surface area contributed by atoms with Gasteiger partial charge in [0.2, 0.25) is 0 Å². The van der Waals surface area contributed by atoms with Crippen LogP contribution >= 0.6 is 0 Å². The fraction of sp³-hybridized carbons (Fsp3) is 0.217. The first-order valence-corrected chi connectivity index (χ1v) is 9.80. The van der Waals surface area contributed by atoms with E-state index in [0.717, 1.165) is 4.73 Å². The SMILES string of the molecule is COC[C@H](C)Oc1cc(OCc2ccccc2F)cc(-c2nc3c(ccc[n+]3O)[nH]2)c1. The van der Waals surface area contributed by atoms with Crippen LogP contribution in [0.5, 0.6) is 11.5 Å². The molecule has 2 aromatic carbocycles. The number of halogens is 1.